The summed E-state index contributed by atoms with van der Waals surface area (Å²) in [4.78, 5) is 21.5. The number of aromatic nitrogens is 1. The van der Waals surface area contributed by atoms with E-state index in [1.807, 2.05) is 0 Å². The lowest BCUT2D eigenvalue weighted by molar-refractivity contribution is 0.0682. The monoisotopic (exact) mass is 239 g/mol. The molecule has 82 valence electrons. The van der Waals surface area contributed by atoms with Gasteiger partial charge in [0, 0.05) is 17.2 Å². The van der Waals surface area contributed by atoms with E-state index >= 15 is 0 Å². The van der Waals surface area contributed by atoms with Gasteiger partial charge in [-0.05, 0) is 24.3 Å². The molecule has 0 fully saturated rings. The third kappa shape index (κ3) is 1.51. The van der Waals surface area contributed by atoms with E-state index in [-0.39, 0.29) is 11.3 Å². The Hall–Kier alpha value is -2.01. The summed E-state index contributed by atoms with van der Waals surface area (Å²) in [5.41, 5.74) is 0.454. The molecule has 0 unspecified atom stereocenters. The molecule has 0 aliphatic carbocycles. The summed E-state index contributed by atoms with van der Waals surface area (Å²) in [5, 5.41) is 18.1. The molecule has 0 saturated carbocycles. The zero-order valence-corrected chi connectivity index (χ0v) is 8.60. The van der Waals surface area contributed by atoms with Crippen LogP contribution in [0.3, 0.4) is 0 Å². The molecular weight excluding hydrogens is 234 g/mol. The molecule has 2 N–H and O–H groups in total. The van der Waals surface area contributed by atoms with Gasteiger partial charge in [0.05, 0.1) is 11.1 Å². The van der Waals surface area contributed by atoms with Gasteiger partial charge in [0.25, 0.3) is 0 Å². The molecule has 6 heteroatoms. The molecule has 16 heavy (non-hydrogen) atoms. The van der Waals surface area contributed by atoms with Gasteiger partial charge in [-0.15, -0.1) is 0 Å². The zero-order chi connectivity index (χ0) is 11.9. The van der Waals surface area contributed by atoms with E-state index < -0.39 is 11.9 Å². The summed E-state index contributed by atoms with van der Waals surface area (Å²) in [6, 6.07) is 5.55. The van der Waals surface area contributed by atoms with Crippen molar-refractivity contribution in [2.75, 3.05) is 0 Å². The van der Waals surface area contributed by atoms with Gasteiger partial charge < -0.3 is 10.2 Å². The Bertz CT molecular complexity index is 602. The number of carbonyl (C=O) groups is 2. The second kappa shape index (κ2) is 3.53. The van der Waals surface area contributed by atoms with E-state index in [4.69, 9.17) is 22.0 Å². The summed E-state index contributed by atoms with van der Waals surface area (Å²) in [6.07, 6.45) is 0. The maximum absolute atomic E-state index is 10.8. The number of aromatic carboxylic acids is 2. The van der Waals surface area contributed by atoms with Crippen molar-refractivity contribution in [1.82, 2.24) is 4.09 Å². The number of hydrogen-bond acceptors (Lipinski definition) is 2. The fourth-order valence-corrected chi connectivity index (χ4v) is 1.74. The van der Waals surface area contributed by atoms with Crippen molar-refractivity contribution in [3.05, 3.63) is 35.5 Å². The quantitative estimate of drug-likeness (QED) is 0.840. The first-order valence-electron chi connectivity index (χ1n) is 4.29. The highest BCUT2D eigenvalue weighted by atomic mass is 35.5. The standard InChI is InChI=1S/C10H6ClNO4/c11-12-7-2-1-5(9(13)14)3-6(7)4-8(12)10(15)16/h1-4H,(H,13,14)(H,15,16). The lowest BCUT2D eigenvalue weighted by atomic mass is 10.1. The largest absolute Gasteiger partial charge is 0.478 e. The molecule has 0 atom stereocenters. The van der Waals surface area contributed by atoms with Crippen LogP contribution >= 0.6 is 11.8 Å². The van der Waals surface area contributed by atoms with Crippen LogP contribution in [0.1, 0.15) is 20.8 Å². The first-order chi connectivity index (χ1) is 7.50. The van der Waals surface area contributed by atoms with Crippen molar-refractivity contribution in [3.63, 3.8) is 0 Å². The van der Waals surface area contributed by atoms with Crippen LogP contribution in [0.15, 0.2) is 24.3 Å². The molecule has 1 heterocycles. The summed E-state index contributed by atoms with van der Waals surface area (Å²) in [7, 11) is 0. The van der Waals surface area contributed by atoms with E-state index in [2.05, 4.69) is 0 Å². The van der Waals surface area contributed by atoms with Crippen molar-refractivity contribution in [3.8, 4) is 0 Å². The van der Waals surface area contributed by atoms with E-state index in [1.165, 1.54) is 24.3 Å². The van der Waals surface area contributed by atoms with Crippen molar-refractivity contribution < 1.29 is 19.8 Å². The van der Waals surface area contributed by atoms with Gasteiger partial charge >= 0.3 is 11.9 Å². The average molecular weight is 240 g/mol. The number of carboxylic acids is 2. The highest BCUT2D eigenvalue weighted by molar-refractivity contribution is 6.22. The Morgan fingerprint density at radius 2 is 1.81 bits per heavy atom. The normalized spacial score (nSPS) is 10.6. The van der Waals surface area contributed by atoms with Gasteiger partial charge in [-0.3, -0.25) is 0 Å². The van der Waals surface area contributed by atoms with Gasteiger partial charge in [-0.25, -0.2) is 13.7 Å². The lowest BCUT2D eigenvalue weighted by Crippen LogP contribution is -2.00. The van der Waals surface area contributed by atoms with E-state index in [9.17, 15) is 9.59 Å². The number of benzene rings is 1. The van der Waals surface area contributed by atoms with Crippen molar-refractivity contribution in [1.29, 1.82) is 0 Å². The van der Waals surface area contributed by atoms with Crippen LogP contribution in [0.5, 0.6) is 0 Å². The lowest BCUT2D eigenvalue weighted by Gasteiger charge is -1.96. The minimum atomic E-state index is -1.16. The van der Waals surface area contributed by atoms with Gasteiger partial charge in [0.1, 0.15) is 5.69 Å². The van der Waals surface area contributed by atoms with Crippen LogP contribution in [-0.2, 0) is 0 Å². The van der Waals surface area contributed by atoms with Crippen LogP contribution in [0.25, 0.3) is 10.9 Å². The van der Waals surface area contributed by atoms with Crippen LogP contribution in [-0.4, -0.2) is 26.2 Å². The van der Waals surface area contributed by atoms with Crippen LogP contribution < -0.4 is 0 Å². The van der Waals surface area contributed by atoms with Gasteiger partial charge in [0.15, 0.2) is 0 Å². The van der Waals surface area contributed by atoms with E-state index in [0.717, 1.165) is 4.09 Å². The van der Waals surface area contributed by atoms with Gasteiger partial charge in [-0.1, -0.05) is 0 Å². The van der Waals surface area contributed by atoms with Crippen molar-refractivity contribution >= 4 is 34.6 Å². The van der Waals surface area contributed by atoms with Crippen LogP contribution in [0.2, 0.25) is 0 Å². The van der Waals surface area contributed by atoms with Gasteiger partial charge in [-0.2, -0.15) is 0 Å². The number of halogens is 1. The number of carboxylic acid groups (broad SMARTS) is 2. The SMILES string of the molecule is O=C(O)c1ccc2c(c1)cc(C(=O)O)n2Cl. The fourth-order valence-electron chi connectivity index (χ4n) is 1.46. The van der Waals surface area contributed by atoms with E-state index in [0.29, 0.717) is 10.9 Å². The summed E-state index contributed by atoms with van der Waals surface area (Å²) in [5.74, 6) is -2.23. The van der Waals surface area contributed by atoms with Crippen molar-refractivity contribution in [2.45, 2.75) is 0 Å². The Morgan fingerprint density at radius 3 is 2.38 bits per heavy atom. The molecule has 1 aromatic heterocycles. The molecule has 0 spiro atoms. The Balaban J connectivity index is 2.72. The molecular formula is C10H6ClNO4. The first kappa shape index (κ1) is 10.5. The predicted octanol–water partition coefficient (Wildman–Crippen LogP) is 2.04. The number of fused-ring (bicyclic) bond motifs is 1. The maximum atomic E-state index is 10.8. The Morgan fingerprint density at radius 1 is 1.12 bits per heavy atom. The molecule has 0 bridgehead atoms. The third-order valence-corrected chi connectivity index (χ3v) is 2.57. The molecule has 0 aliphatic heterocycles. The van der Waals surface area contributed by atoms with Gasteiger partial charge in [0.2, 0.25) is 0 Å². The molecule has 0 aliphatic rings. The molecule has 0 saturated heterocycles. The Kier molecular flexibility index (Phi) is 2.32. The van der Waals surface area contributed by atoms with Crippen LogP contribution in [0, 0.1) is 0 Å². The fraction of sp³-hybridized carbons (Fsp3) is 0. The summed E-state index contributed by atoms with van der Waals surface area (Å²) in [6.45, 7) is 0. The summed E-state index contributed by atoms with van der Waals surface area (Å²) < 4.78 is 0.989. The second-order valence-electron chi connectivity index (χ2n) is 3.19. The van der Waals surface area contributed by atoms with Crippen LogP contribution in [0.4, 0.5) is 0 Å². The molecule has 2 rings (SSSR count). The smallest absolute Gasteiger partial charge is 0.353 e. The molecule has 5 nitrogen and oxygen atoms in total. The number of hydrogen-bond donors (Lipinski definition) is 2. The van der Waals surface area contributed by atoms with E-state index in [1.54, 1.807) is 0 Å². The maximum Gasteiger partial charge on any atom is 0.353 e. The minimum absolute atomic E-state index is 0.0895. The zero-order valence-electron chi connectivity index (χ0n) is 7.85. The average Bonchev–Trinajstić information content (AvgIpc) is 2.55. The second-order valence-corrected chi connectivity index (χ2v) is 3.53. The highest BCUT2D eigenvalue weighted by Crippen LogP contribution is 2.22. The topological polar surface area (TPSA) is 79.5 Å². The minimum Gasteiger partial charge on any atom is -0.478 e. The predicted molar refractivity (Wildman–Crippen MR) is 57.1 cm³/mol. The summed E-state index contributed by atoms with van der Waals surface area (Å²) >= 11 is 5.77. The third-order valence-electron chi connectivity index (χ3n) is 2.21. The molecule has 1 aromatic carbocycles. The number of rotatable bonds is 2. The van der Waals surface area contributed by atoms with Crippen molar-refractivity contribution in [2.24, 2.45) is 0 Å². The first-order valence-corrected chi connectivity index (χ1v) is 4.63. The molecule has 0 radical (unpaired) electrons. The highest BCUT2D eigenvalue weighted by Gasteiger charge is 2.14. The number of nitrogens with zero attached hydrogens (tertiary/aromatic N) is 1. The molecule has 2 aromatic rings. The Labute approximate surface area is 94.6 Å². The molecule has 0 amide bonds.